The standard InChI is InChI=1S/C9H14O2/c10-8-3-1-2-7(9(8)11)6-4-5-6/h2,6,8-11H,1,3-5H2/t8-,9+/m0/s1. The molecule has 0 aromatic rings. The molecule has 0 bridgehead atoms. The average Bonchev–Trinajstić information content (AvgIpc) is 2.77. The van der Waals surface area contributed by atoms with Gasteiger partial charge < -0.3 is 10.2 Å². The average molecular weight is 154 g/mol. The Balaban J connectivity index is 2.10. The van der Waals surface area contributed by atoms with E-state index in [1.807, 2.05) is 0 Å². The van der Waals surface area contributed by atoms with Crippen LogP contribution >= 0.6 is 0 Å². The van der Waals surface area contributed by atoms with Gasteiger partial charge in [-0.15, -0.1) is 0 Å². The summed E-state index contributed by atoms with van der Waals surface area (Å²) in [6, 6.07) is 0. The lowest BCUT2D eigenvalue weighted by molar-refractivity contribution is 0.0283. The SMILES string of the molecule is O[C@@H]1C(C2CC2)=CCC[C@@H]1O. The summed E-state index contributed by atoms with van der Waals surface area (Å²) < 4.78 is 0. The highest BCUT2D eigenvalue weighted by Crippen LogP contribution is 2.40. The maximum Gasteiger partial charge on any atom is 0.101 e. The molecular weight excluding hydrogens is 140 g/mol. The van der Waals surface area contributed by atoms with Crippen molar-refractivity contribution < 1.29 is 10.2 Å². The second-order valence-electron chi connectivity index (χ2n) is 3.57. The first kappa shape index (κ1) is 7.32. The fourth-order valence-corrected chi connectivity index (χ4v) is 1.75. The van der Waals surface area contributed by atoms with E-state index in [0.717, 1.165) is 18.4 Å². The summed E-state index contributed by atoms with van der Waals surface area (Å²) in [5.74, 6) is 0.597. The van der Waals surface area contributed by atoms with Gasteiger partial charge in [0.25, 0.3) is 0 Å². The number of aliphatic hydroxyl groups is 2. The van der Waals surface area contributed by atoms with Crippen molar-refractivity contribution in [1.29, 1.82) is 0 Å². The Bertz CT molecular complexity index is 182. The summed E-state index contributed by atoms with van der Waals surface area (Å²) in [5, 5.41) is 18.9. The summed E-state index contributed by atoms with van der Waals surface area (Å²) in [6.07, 6.45) is 5.11. The van der Waals surface area contributed by atoms with Crippen molar-refractivity contribution in [2.75, 3.05) is 0 Å². The zero-order chi connectivity index (χ0) is 7.84. The Morgan fingerprint density at radius 2 is 1.91 bits per heavy atom. The van der Waals surface area contributed by atoms with Gasteiger partial charge in [-0.3, -0.25) is 0 Å². The summed E-state index contributed by atoms with van der Waals surface area (Å²) in [4.78, 5) is 0. The Hall–Kier alpha value is -0.340. The predicted octanol–water partition coefficient (Wildman–Crippen LogP) is 0.838. The first-order chi connectivity index (χ1) is 5.29. The van der Waals surface area contributed by atoms with E-state index in [2.05, 4.69) is 6.08 Å². The van der Waals surface area contributed by atoms with Crippen LogP contribution in [0.3, 0.4) is 0 Å². The van der Waals surface area contributed by atoms with Gasteiger partial charge in [0.15, 0.2) is 0 Å². The van der Waals surface area contributed by atoms with Gasteiger partial charge in [-0.25, -0.2) is 0 Å². The fourth-order valence-electron chi connectivity index (χ4n) is 1.75. The van der Waals surface area contributed by atoms with E-state index in [1.165, 1.54) is 12.8 Å². The molecule has 0 aromatic heterocycles. The van der Waals surface area contributed by atoms with Crippen LogP contribution in [0.2, 0.25) is 0 Å². The van der Waals surface area contributed by atoms with Crippen molar-refractivity contribution in [1.82, 2.24) is 0 Å². The van der Waals surface area contributed by atoms with Crippen LogP contribution in [0.15, 0.2) is 11.6 Å². The third-order valence-electron chi connectivity index (χ3n) is 2.60. The van der Waals surface area contributed by atoms with Gasteiger partial charge in [0, 0.05) is 0 Å². The minimum Gasteiger partial charge on any atom is -0.390 e. The molecule has 0 aromatic carbocycles. The lowest BCUT2D eigenvalue weighted by atomic mass is 9.91. The van der Waals surface area contributed by atoms with Crippen LogP contribution in [-0.4, -0.2) is 22.4 Å². The molecule has 0 unspecified atom stereocenters. The van der Waals surface area contributed by atoms with E-state index in [9.17, 15) is 10.2 Å². The second-order valence-corrected chi connectivity index (χ2v) is 3.57. The zero-order valence-electron chi connectivity index (χ0n) is 6.53. The number of hydrogen-bond acceptors (Lipinski definition) is 2. The van der Waals surface area contributed by atoms with Gasteiger partial charge in [0.1, 0.15) is 6.10 Å². The molecule has 2 rings (SSSR count). The van der Waals surface area contributed by atoms with Gasteiger partial charge in [0.2, 0.25) is 0 Å². The summed E-state index contributed by atoms with van der Waals surface area (Å²) in [5.41, 5.74) is 1.10. The molecule has 2 heteroatoms. The minimum absolute atomic E-state index is 0.504. The van der Waals surface area contributed by atoms with Crippen LogP contribution < -0.4 is 0 Å². The van der Waals surface area contributed by atoms with Crippen LogP contribution in [0, 0.1) is 5.92 Å². The van der Waals surface area contributed by atoms with Crippen molar-refractivity contribution in [2.24, 2.45) is 5.92 Å². The lowest BCUT2D eigenvalue weighted by Crippen LogP contribution is -2.31. The molecule has 0 spiro atoms. The highest BCUT2D eigenvalue weighted by Gasteiger charge is 2.34. The van der Waals surface area contributed by atoms with E-state index in [1.54, 1.807) is 0 Å². The van der Waals surface area contributed by atoms with Gasteiger partial charge in [-0.05, 0) is 37.2 Å². The Morgan fingerprint density at radius 1 is 1.18 bits per heavy atom. The van der Waals surface area contributed by atoms with Crippen LogP contribution in [-0.2, 0) is 0 Å². The van der Waals surface area contributed by atoms with E-state index in [0.29, 0.717) is 5.92 Å². The molecule has 0 amide bonds. The number of aliphatic hydroxyl groups excluding tert-OH is 2. The molecule has 2 aliphatic carbocycles. The second kappa shape index (κ2) is 2.61. The molecular formula is C9H14O2. The topological polar surface area (TPSA) is 40.5 Å². The molecule has 2 nitrogen and oxygen atoms in total. The van der Waals surface area contributed by atoms with E-state index in [-0.39, 0.29) is 0 Å². The third-order valence-corrected chi connectivity index (χ3v) is 2.60. The molecule has 0 heterocycles. The monoisotopic (exact) mass is 154 g/mol. The molecule has 2 N–H and O–H groups in total. The summed E-state index contributed by atoms with van der Waals surface area (Å²) in [7, 11) is 0. The Labute approximate surface area is 66.5 Å². The first-order valence-corrected chi connectivity index (χ1v) is 4.35. The molecule has 0 saturated heterocycles. The smallest absolute Gasteiger partial charge is 0.101 e. The molecule has 2 atom stereocenters. The summed E-state index contributed by atoms with van der Waals surface area (Å²) >= 11 is 0. The normalized spacial score (nSPS) is 38.5. The zero-order valence-corrected chi connectivity index (χ0v) is 6.53. The minimum atomic E-state index is -0.559. The van der Waals surface area contributed by atoms with Crippen LogP contribution in [0.5, 0.6) is 0 Å². The molecule has 2 aliphatic rings. The third kappa shape index (κ3) is 1.33. The molecule has 1 fully saturated rings. The first-order valence-electron chi connectivity index (χ1n) is 4.35. The van der Waals surface area contributed by atoms with Crippen molar-refractivity contribution in [3.63, 3.8) is 0 Å². The fraction of sp³-hybridized carbons (Fsp3) is 0.778. The molecule has 11 heavy (non-hydrogen) atoms. The Kier molecular flexibility index (Phi) is 1.74. The molecule has 0 aliphatic heterocycles. The Morgan fingerprint density at radius 3 is 2.55 bits per heavy atom. The molecule has 62 valence electrons. The quantitative estimate of drug-likeness (QED) is 0.549. The predicted molar refractivity (Wildman–Crippen MR) is 42.1 cm³/mol. The largest absolute Gasteiger partial charge is 0.390 e. The highest BCUT2D eigenvalue weighted by molar-refractivity contribution is 5.21. The number of allylic oxidation sites excluding steroid dienone is 1. The molecule has 1 saturated carbocycles. The van der Waals surface area contributed by atoms with Crippen LogP contribution in [0.25, 0.3) is 0 Å². The van der Waals surface area contributed by atoms with Crippen molar-refractivity contribution in [3.8, 4) is 0 Å². The van der Waals surface area contributed by atoms with Gasteiger partial charge >= 0.3 is 0 Å². The summed E-state index contributed by atoms with van der Waals surface area (Å²) in [6.45, 7) is 0. The number of hydrogen-bond donors (Lipinski definition) is 2. The maximum absolute atomic E-state index is 9.53. The lowest BCUT2D eigenvalue weighted by Gasteiger charge is -2.24. The van der Waals surface area contributed by atoms with Gasteiger partial charge in [-0.2, -0.15) is 0 Å². The highest BCUT2D eigenvalue weighted by atomic mass is 16.3. The van der Waals surface area contributed by atoms with Crippen molar-refractivity contribution >= 4 is 0 Å². The van der Waals surface area contributed by atoms with Crippen LogP contribution in [0.4, 0.5) is 0 Å². The van der Waals surface area contributed by atoms with Gasteiger partial charge in [-0.1, -0.05) is 6.08 Å². The van der Waals surface area contributed by atoms with Crippen LogP contribution in [0.1, 0.15) is 25.7 Å². The van der Waals surface area contributed by atoms with E-state index < -0.39 is 12.2 Å². The van der Waals surface area contributed by atoms with E-state index >= 15 is 0 Å². The van der Waals surface area contributed by atoms with Crippen molar-refractivity contribution in [3.05, 3.63) is 11.6 Å². The molecule has 0 radical (unpaired) electrons. The van der Waals surface area contributed by atoms with E-state index in [4.69, 9.17) is 0 Å². The number of rotatable bonds is 1. The maximum atomic E-state index is 9.53. The van der Waals surface area contributed by atoms with Gasteiger partial charge in [0.05, 0.1) is 6.10 Å². The van der Waals surface area contributed by atoms with Crippen molar-refractivity contribution in [2.45, 2.75) is 37.9 Å².